The van der Waals surface area contributed by atoms with E-state index in [1.54, 1.807) is 11.5 Å². The van der Waals surface area contributed by atoms with Gasteiger partial charge in [0.1, 0.15) is 11.3 Å². The van der Waals surface area contributed by atoms with Crippen molar-refractivity contribution in [2.45, 2.75) is 52.5 Å². The Bertz CT molecular complexity index is 910. The summed E-state index contributed by atoms with van der Waals surface area (Å²) >= 11 is 0. The number of nitrogens with one attached hydrogen (secondary N) is 1. The molecule has 0 unspecified atom stereocenters. The number of aromatic nitrogens is 5. The van der Waals surface area contributed by atoms with Crippen molar-refractivity contribution in [2.75, 3.05) is 5.73 Å². The normalized spacial score (nSPS) is 11.3. The van der Waals surface area contributed by atoms with Gasteiger partial charge in [-0.15, -0.1) is 0 Å². The van der Waals surface area contributed by atoms with Crippen LogP contribution in [0.1, 0.15) is 49.7 Å². The van der Waals surface area contributed by atoms with E-state index < -0.39 is 0 Å². The van der Waals surface area contributed by atoms with Crippen LogP contribution in [-0.4, -0.2) is 24.5 Å². The molecule has 0 saturated heterocycles. The third kappa shape index (κ3) is 3.87. The van der Waals surface area contributed by atoms with E-state index >= 15 is 0 Å². The van der Waals surface area contributed by atoms with Gasteiger partial charge in [0.2, 0.25) is 0 Å². The standard InChI is InChI=1S/C18H24N6O/c1-3-4-5-6-7-13-8-9-14(20-10-13)11-24-17-15(23-18(24)25)16(19)21-12(2)22-17/h8-10H,3-7,11H2,1-2H3,(H,23,25)(H2,19,21,22). The maximum absolute atomic E-state index is 12.2. The number of nitrogens with zero attached hydrogens (tertiary/aromatic N) is 4. The van der Waals surface area contributed by atoms with Crippen molar-refractivity contribution >= 4 is 17.0 Å². The highest BCUT2D eigenvalue weighted by Crippen LogP contribution is 2.15. The van der Waals surface area contributed by atoms with Crippen molar-refractivity contribution < 1.29 is 0 Å². The maximum Gasteiger partial charge on any atom is 0.328 e. The van der Waals surface area contributed by atoms with Gasteiger partial charge in [0.25, 0.3) is 0 Å². The number of nitrogens with two attached hydrogens (primary N) is 1. The third-order valence-electron chi connectivity index (χ3n) is 4.29. The largest absolute Gasteiger partial charge is 0.382 e. The predicted molar refractivity (Wildman–Crippen MR) is 98.5 cm³/mol. The van der Waals surface area contributed by atoms with Gasteiger partial charge in [0.15, 0.2) is 11.5 Å². The van der Waals surface area contributed by atoms with Crippen LogP contribution in [0, 0.1) is 6.92 Å². The second-order valence-electron chi connectivity index (χ2n) is 6.34. The topological polar surface area (TPSA) is 102 Å². The summed E-state index contributed by atoms with van der Waals surface area (Å²) in [6.07, 6.45) is 7.90. The van der Waals surface area contributed by atoms with Gasteiger partial charge in [-0.25, -0.2) is 14.8 Å². The first kappa shape index (κ1) is 17.1. The molecule has 0 bridgehead atoms. The highest BCUT2D eigenvalue weighted by molar-refractivity contribution is 5.81. The number of aryl methyl sites for hydroxylation is 2. The lowest BCUT2D eigenvalue weighted by molar-refractivity contribution is 0.665. The maximum atomic E-state index is 12.2. The number of unbranched alkanes of at least 4 members (excludes halogenated alkanes) is 3. The lowest BCUT2D eigenvalue weighted by Crippen LogP contribution is -2.18. The average molecular weight is 340 g/mol. The first-order chi connectivity index (χ1) is 12.1. The van der Waals surface area contributed by atoms with Gasteiger partial charge in [-0.3, -0.25) is 9.55 Å². The van der Waals surface area contributed by atoms with Crippen LogP contribution >= 0.6 is 0 Å². The van der Waals surface area contributed by atoms with Crippen LogP contribution in [0.25, 0.3) is 11.2 Å². The van der Waals surface area contributed by atoms with Crippen molar-refractivity contribution in [3.8, 4) is 0 Å². The molecule has 0 amide bonds. The molecule has 0 radical (unpaired) electrons. The summed E-state index contributed by atoms with van der Waals surface area (Å²) in [5.74, 6) is 0.821. The summed E-state index contributed by atoms with van der Waals surface area (Å²) in [6, 6.07) is 4.06. The Morgan fingerprint density at radius 2 is 2.04 bits per heavy atom. The fourth-order valence-corrected chi connectivity index (χ4v) is 2.93. The number of rotatable bonds is 7. The second kappa shape index (κ2) is 7.46. The Hall–Kier alpha value is -2.70. The minimum absolute atomic E-state index is 0.257. The summed E-state index contributed by atoms with van der Waals surface area (Å²) in [5.41, 5.74) is 8.65. The van der Waals surface area contributed by atoms with Crippen LogP contribution in [-0.2, 0) is 13.0 Å². The van der Waals surface area contributed by atoms with Gasteiger partial charge in [0, 0.05) is 6.20 Å². The molecular formula is C18H24N6O. The van der Waals surface area contributed by atoms with Crippen LogP contribution in [0.2, 0.25) is 0 Å². The quantitative estimate of drug-likeness (QED) is 0.644. The van der Waals surface area contributed by atoms with Gasteiger partial charge in [-0.2, -0.15) is 0 Å². The second-order valence-corrected chi connectivity index (χ2v) is 6.34. The molecule has 25 heavy (non-hydrogen) atoms. The number of anilines is 1. The Morgan fingerprint density at radius 1 is 1.20 bits per heavy atom. The molecule has 7 heteroatoms. The Labute approximate surface area is 146 Å². The molecule has 0 saturated carbocycles. The van der Waals surface area contributed by atoms with Gasteiger partial charge >= 0.3 is 5.69 Å². The van der Waals surface area contributed by atoms with E-state index in [4.69, 9.17) is 5.73 Å². The molecule has 0 aliphatic carbocycles. The number of nitrogen functional groups attached to an aromatic ring is 1. The Morgan fingerprint density at radius 3 is 2.76 bits per heavy atom. The summed E-state index contributed by atoms with van der Waals surface area (Å²) < 4.78 is 1.55. The van der Waals surface area contributed by atoms with E-state index in [1.165, 1.54) is 31.2 Å². The van der Waals surface area contributed by atoms with Crippen molar-refractivity contribution in [1.29, 1.82) is 0 Å². The summed E-state index contributed by atoms with van der Waals surface area (Å²) in [4.78, 5) is 27.9. The summed E-state index contributed by atoms with van der Waals surface area (Å²) in [7, 11) is 0. The summed E-state index contributed by atoms with van der Waals surface area (Å²) in [6.45, 7) is 4.32. The van der Waals surface area contributed by atoms with Crippen molar-refractivity contribution in [3.05, 3.63) is 45.9 Å². The highest BCUT2D eigenvalue weighted by atomic mass is 16.1. The molecule has 0 atom stereocenters. The minimum atomic E-state index is -0.257. The molecule has 0 aromatic carbocycles. The number of hydrogen-bond acceptors (Lipinski definition) is 5. The van der Waals surface area contributed by atoms with Crippen LogP contribution in [0.4, 0.5) is 5.82 Å². The number of aromatic amines is 1. The molecule has 0 aliphatic rings. The van der Waals surface area contributed by atoms with Gasteiger partial charge in [-0.05, 0) is 31.4 Å². The first-order valence-corrected chi connectivity index (χ1v) is 8.75. The van der Waals surface area contributed by atoms with E-state index in [0.29, 0.717) is 23.5 Å². The molecule has 7 nitrogen and oxygen atoms in total. The van der Waals surface area contributed by atoms with Crippen LogP contribution in [0.5, 0.6) is 0 Å². The van der Waals surface area contributed by atoms with Gasteiger partial charge < -0.3 is 10.7 Å². The van der Waals surface area contributed by atoms with Crippen molar-refractivity contribution in [3.63, 3.8) is 0 Å². The monoisotopic (exact) mass is 340 g/mol. The van der Waals surface area contributed by atoms with E-state index in [-0.39, 0.29) is 11.5 Å². The zero-order valence-electron chi connectivity index (χ0n) is 14.7. The smallest absolute Gasteiger partial charge is 0.328 e. The Kier molecular flexibility index (Phi) is 5.11. The fourth-order valence-electron chi connectivity index (χ4n) is 2.93. The van der Waals surface area contributed by atoms with E-state index in [2.05, 4.69) is 32.9 Å². The predicted octanol–water partition coefficient (Wildman–Crippen LogP) is 2.58. The molecule has 3 aromatic heterocycles. The Balaban J connectivity index is 1.77. The van der Waals surface area contributed by atoms with Gasteiger partial charge in [-0.1, -0.05) is 32.3 Å². The molecule has 0 spiro atoms. The number of hydrogen-bond donors (Lipinski definition) is 2. The number of fused-ring (bicyclic) bond motifs is 1. The van der Waals surface area contributed by atoms with Crippen LogP contribution < -0.4 is 11.4 Å². The van der Waals surface area contributed by atoms with Crippen LogP contribution in [0.3, 0.4) is 0 Å². The molecular weight excluding hydrogens is 316 g/mol. The third-order valence-corrected chi connectivity index (χ3v) is 4.29. The molecule has 0 aliphatic heterocycles. The highest BCUT2D eigenvalue weighted by Gasteiger charge is 2.13. The number of pyridine rings is 1. The first-order valence-electron chi connectivity index (χ1n) is 8.75. The number of H-pyrrole nitrogens is 1. The zero-order valence-corrected chi connectivity index (χ0v) is 14.7. The van der Waals surface area contributed by atoms with Gasteiger partial charge in [0.05, 0.1) is 12.2 Å². The van der Waals surface area contributed by atoms with E-state index in [1.807, 2.05) is 12.3 Å². The average Bonchev–Trinajstić information content (AvgIpc) is 2.90. The molecule has 3 aromatic rings. The zero-order chi connectivity index (χ0) is 17.8. The molecule has 132 valence electrons. The number of imidazole rings is 1. The minimum Gasteiger partial charge on any atom is -0.382 e. The van der Waals surface area contributed by atoms with E-state index in [0.717, 1.165) is 12.1 Å². The van der Waals surface area contributed by atoms with E-state index in [9.17, 15) is 4.79 Å². The SMILES string of the molecule is CCCCCCc1ccc(Cn2c(=O)[nH]c3c(N)nc(C)nc32)nc1. The molecule has 3 heterocycles. The van der Waals surface area contributed by atoms with Crippen molar-refractivity contribution in [1.82, 2.24) is 24.5 Å². The molecule has 0 fully saturated rings. The molecule has 3 rings (SSSR count). The fraction of sp³-hybridized carbons (Fsp3) is 0.444. The summed E-state index contributed by atoms with van der Waals surface area (Å²) in [5, 5.41) is 0. The molecule has 3 N–H and O–H groups in total. The lowest BCUT2D eigenvalue weighted by atomic mass is 10.1. The lowest BCUT2D eigenvalue weighted by Gasteiger charge is -2.05. The van der Waals surface area contributed by atoms with Crippen LogP contribution in [0.15, 0.2) is 23.1 Å². The van der Waals surface area contributed by atoms with Crippen molar-refractivity contribution in [2.24, 2.45) is 0 Å².